The highest BCUT2D eigenvalue weighted by atomic mass is 19.2. The van der Waals surface area contributed by atoms with Gasteiger partial charge in [0.15, 0.2) is 23.2 Å². The van der Waals surface area contributed by atoms with Crippen LogP contribution in [0.4, 0.5) is 13.2 Å². The molecule has 0 aromatic heterocycles. The van der Waals surface area contributed by atoms with Gasteiger partial charge in [-0.3, -0.25) is 0 Å². The Bertz CT molecular complexity index is 1070. The Balaban J connectivity index is 1.30. The molecule has 1 saturated carbocycles. The van der Waals surface area contributed by atoms with E-state index in [1.54, 1.807) is 12.1 Å². The maximum Gasteiger partial charge on any atom is 0.165 e. The van der Waals surface area contributed by atoms with E-state index in [1.807, 2.05) is 18.2 Å². The Kier molecular flexibility index (Phi) is 10.8. The minimum atomic E-state index is -0.670. The maximum absolute atomic E-state index is 15.2. The van der Waals surface area contributed by atoms with Crippen molar-refractivity contribution < 1.29 is 17.9 Å². The third-order valence-electron chi connectivity index (χ3n) is 8.76. The Morgan fingerprint density at radius 1 is 0.763 bits per heavy atom. The topological polar surface area (TPSA) is 9.23 Å². The zero-order valence-corrected chi connectivity index (χ0v) is 23.3. The lowest BCUT2D eigenvalue weighted by Crippen LogP contribution is -2.14. The molecule has 2 aromatic carbocycles. The smallest absolute Gasteiger partial charge is 0.165 e. The average Bonchev–Trinajstić information content (AvgIpc) is 2.93. The van der Waals surface area contributed by atoms with Gasteiger partial charge in [-0.1, -0.05) is 89.5 Å². The van der Waals surface area contributed by atoms with E-state index in [4.69, 9.17) is 4.74 Å². The van der Waals surface area contributed by atoms with Crippen LogP contribution >= 0.6 is 0 Å². The van der Waals surface area contributed by atoms with Crippen LogP contribution < -0.4 is 4.74 Å². The van der Waals surface area contributed by atoms with E-state index >= 15 is 8.78 Å². The van der Waals surface area contributed by atoms with E-state index < -0.39 is 11.6 Å². The zero-order valence-electron chi connectivity index (χ0n) is 23.3. The van der Waals surface area contributed by atoms with E-state index in [9.17, 15) is 4.39 Å². The molecule has 0 saturated heterocycles. The normalized spacial score (nSPS) is 21.8. The summed E-state index contributed by atoms with van der Waals surface area (Å²) in [5.74, 6) is -0.599. The summed E-state index contributed by atoms with van der Waals surface area (Å²) in [6.45, 7) is 4.99. The lowest BCUT2D eigenvalue weighted by molar-refractivity contribution is 0.290. The molecule has 0 N–H and O–H groups in total. The summed E-state index contributed by atoms with van der Waals surface area (Å²) in [4.78, 5) is 0. The van der Waals surface area contributed by atoms with Gasteiger partial charge in [0.2, 0.25) is 0 Å². The van der Waals surface area contributed by atoms with Crippen molar-refractivity contribution in [1.29, 1.82) is 0 Å². The van der Waals surface area contributed by atoms with E-state index in [2.05, 4.69) is 19.9 Å². The second-order valence-electron chi connectivity index (χ2n) is 11.6. The molecular formula is C34H45F3O. The molecule has 1 fully saturated rings. The summed E-state index contributed by atoms with van der Waals surface area (Å²) in [6, 6.07) is 8.82. The SMILES string of the molecule is CCCCCCCCCOc1ccc(C2=CCC(c3ccc(C4CCC(C)CC4)c(F)c3F)CC2)cc1F. The largest absolute Gasteiger partial charge is 0.491 e. The molecule has 1 unspecified atom stereocenters. The fraction of sp³-hybridized carbons (Fsp3) is 0.588. The molecule has 1 atom stereocenters. The van der Waals surface area contributed by atoms with Gasteiger partial charge >= 0.3 is 0 Å². The van der Waals surface area contributed by atoms with Gasteiger partial charge in [0.1, 0.15) is 0 Å². The Morgan fingerprint density at radius 2 is 1.42 bits per heavy atom. The summed E-state index contributed by atoms with van der Waals surface area (Å²) in [6.07, 6.45) is 16.5. The lowest BCUT2D eigenvalue weighted by atomic mass is 9.78. The fourth-order valence-electron chi connectivity index (χ4n) is 6.22. The van der Waals surface area contributed by atoms with Crippen LogP contribution in [0.3, 0.4) is 0 Å². The van der Waals surface area contributed by atoms with Gasteiger partial charge in [-0.2, -0.15) is 0 Å². The molecule has 0 amide bonds. The molecule has 0 aliphatic heterocycles. The molecule has 0 radical (unpaired) electrons. The third kappa shape index (κ3) is 7.45. The molecule has 208 valence electrons. The van der Waals surface area contributed by atoms with Gasteiger partial charge in [-0.25, -0.2) is 13.2 Å². The minimum absolute atomic E-state index is 0.0527. The standard InChI is InChI=1S/C34H45F3O/c1-3-4-5-6-7-8-9-22-38-32-21-18-28(23-31(32)35)25-14-16-27(17-15-25)30-20-19-29(33(36)34(30)37)26-12-10-24(2)11-13-26/h14,18-21,23-24,26-27H,3-13,15-17,22H2,1-2H3. The molecule has 0 heterocycles. The van der Waals surface area contributed by atoms with Crippen LogP contribution in [0.1, 0.15) is 132 Å². The monoisotopic (exact) mass is 526 g/mol. The number of ether oxygens (including phenoxy) is 1. The van der Waals surface area contributed by atoms with Crippen LogP contribution in [0, 0.1) is 23.4 Å². The van der Waals surface area contributed by atoms with Crippen molar-refractivity contribution in [2.45, 2.75) is 116 Å². The Morgan fingerprint density at radius 3 is 2.05 bits per heavy atom. The Labute approximate surface area is 227 Å². The van der Waals surface area contributed by atoms with Gasteiger partial charge in [-0.15, -0.1) is 0 Å². The number of rotatable bonds is 12. The summed E-state index contributed by atoms with van der Waals surface area (Å²) >= 11 is 0. The maximum atomic E-state index is 15.2. The first-order valence-electron chi connectivity index (χ1n) is 15.1. The van der Waals surface area contributed by atoms with Crippen LogP contribution in [-0.4, -0.2) is 6.61 Å². The van der Waals surface area contributed by atoms with Gasteiger partial charge in [0.25, 0.3) is 0 Å². The average molecular weight is 527 g/mol. The van der Waals surface area contributed by atoms with Crippen molar-refractivity contribution >= 4 is 5.57 Å². The molecule has 4 heteroatoms. The molecule has 2 aliphatic rings. The van der Waals surface area contributed by atoms with Crippen molar-refractivity contribution in [3.8, 4) is 5.75 Å². The van der Waals surface area contributed by atoms with E-state index in [-0.39, 0.29) is 17.7 Å². The van der Waals surface area contributed by atoms with Gasteiger partial charge in [-0.05, 0) is 90.7 Å². The summed E-state index contributed by atoms with van der Waals surface area (Å²) in [5, 5.41) is 0. The minimum Gasteiger partial charge on any atom is -0.491 e. The first kappa shape index (κ1) is 28.8. The van der Waals surface area contributed by atoms with Crippen molar-refractivity contribution in [3.63, 3.8) is 0 Å². The molecular weight excluding hydrogens is 481 g/mol. The molecule has 0 spiro atoms. The van der Waals surface area contributed by atoms with E-state index in [0.29, 0.717) is 42.2 Å². The number of unbranched alkanes of at least 4 members (excludes halogenated alkanes) is 6. The third-order valence-corrected chi connectivity index (χ3v) is 8.76. The highest BCUT2D eigenvalue weighted by Gasteiger charge is 2.27. The second-order valence-corrected chi connectivity index (χ2v) is 11.6. The lowest BCUT2D eigenvalue weighted by Gasteiger charge is -2.28. The second kappa shape index (κ2) is 14.2. The van der Waals surface area contributed by atoms with Gasteiger partial charge < -0.3 is 4.74 Å². The number of halogens is 3. The number of benzene rings is 2. The van der Waals surface area contributed by atoms with Gasteiger partial charge in [0.05, 0.1) is 6.61 Å². The van der Waals surface area contributed by atoms with Crippen molar-refractivity contribution in [2.75, 3.05) is 6.61 Å². The molecule has 0 bridgehead atoms. The van der Waals surface area contributed by atoms with Crippen LogP contribution in [-0.2, 0) is 0 Å². The van der Waals surface area contributed by atoms with Crippen molar-refractivity contribution in [3.05, 3.63) is 70.5 Å². The van der Waals surface area contributed by atoms with E-state index in [0.717, 1.165) is 56.1 Å². The molecule has 2 aromatic rings. The highest BCUT2D eigenvalue weighted by Crippen LogP contribution is 2.41. The van der Waals surface area contributed by atoms with Crippen LogP contribution in [0.5, 0.6) is 5.75 Å². The predicted octanol–water partition coefficient (Wildman–Crippen LogP) is 10.9. The molecule has 1 nitrogen and oxygen atoms in total. The Hall–Kier alpha value is -2.23. The number of hydrogen-bond donors (Lipinski definition) is 0. The summed E-state index contributed by atoms with van der Waals surface area (Å²) < 4.78 is 50.7. The quantitative estimate of drug-likeness (QED) is 0.250. The molecule has 4 rings (SSSR count). The van der Waals surface area contributed by atoms with E-state index in [1.165, 1.54) is 32.1 Å². The first-order valence-corrected chi connectivity index (χ1v) is 15.1. The van der Waals surface area contributed by atoms with Crippen LogP contribution in [0.2, 0.25) is 0 Å². The highest BCUT2D eigenvalue weighted by molar-refractivity contribution is 5.67. The van der Waals surface area contributed by atoms with Gasteiger partial charge in [0, 0.05) is 0 Å². The van der Waals surface area contributed by atoms with Crippen molar-refractivity contribution in [2.24, 2.45) is 5.92 Å². The number of allylic oxidation sites excluding steroid dienone is 2. The predicted molar refractivity (Wildman–Crippen MR) is 151 cm³/mol. The van der Waals surface area contributed by atoms with Crippen LogP contribution in [0.25, 0.3) is 5.57 Å². The van der Waals surface area contributed by atoms with Crippen LogP contribution in [0.15, 0.2) is 36.4 Å². The summed E-state index contributed by atoms with van der Waals surface area (Å²) in [5.41, 5.74) is 2.94. The first-order chi connectivity index (χ1) is 18.5. The molecule has 2 aliphatic carbocycles. The fourth-order valence-corrected chi connectivity index (χ4v) is 6.22. The zero-order chi connectivity index (χ0) is 26.9. The number of hydrogen-bond acceptors (Lipinski definition) is 1. The van der Waals surface area contributed by atoms with Crippen molar-refractivity contribution in [1.82, 2.24) is 0 Å². The molecule has 38 heavy (non-hydrogen) atoms. The summed E-state index contributed by atoms with van der Waals surface area (Å²) in [7, 11) is 0.